The molecule has 7 heteroatoms. The van der Waals surface area contributed by atoms with Crippen LogP contribution in [0, 0.1) is 0 Å². The number of rotatable bonds is 4. The van der Waals surface area contributed by atoms with Crippen LogP contribution in [0.2, 0.25) is 5.02 Å². The molecule has 0 N–H and O–H groups in total. The number of aromatic nitrogens is 2. The number of nitrogens with zero attached hydrogens (tertiary/aromatic N) is 3. The summed E-state index contributed by atoms with van der Waals surface area (Å²) < 4.78 is 10.4. The van der Waals surface area contributed by atoms with Crippen molar-refractivity contribution in [2.75, 3.05) is 18.6 Å². The van der Waals surface area contributed by atoms with Crippen molar-refractivity contribution < 1.29 is 14.1 Å². The van der Waals surface area contributed by atoms with Crippen molar-refractivity contribution in [3.63, 3.8) is 0 Å². The van der Waals surface area contributed by atoms with Crippen molar-refractivity contribution >= 4 is 23.3 Å². The molecular weight excluding hydrogens is 366 g/mol. The zero-order valence-electron chi connectivity index (χ0n) is 14.8. The van der Waals surface area contributed by atoms with Gasteiger partial charge < -0.3 is 14.2 Å². The molecule has 0 aliphatic carbocycles. The van der Waals surface area contributed by atoms with Crippen LogP contribution < -0.4 is 4.90 Å². The lowest BCUT2D eigenvalue weighted by molar-refractivity contribution is -0.142. The van der Waals surface area contributed by atoms with Crippen LogP contribution in [-0.2, 0) is 16.1 Å². The largest absolute Gasteiger partial charge is 0.469 e. The molecule has 1 atom stereocenters. The highest BCUT2D eigenvalue weighted by molar-refractivity contribution is 6.30. The normalized spacial score (nSPS) is 16.1. The summed E-state index contributed by atoms with van der Waals surface area (Å²) in [6.45, 7) is 1.18. The summed E-state index contributed by atoms with van der Waals surface area (Å²) in [5.41, 5.74) is 2.80. The number of hydrogen-bond donors (Lipinski definition) is 0. The van der Waals surface area contributed by atoms with E-state index in [1.54, 1.807) is 12.1 Å². The zero-order chi connectivity index (χ0) is 18.8. The molecule has 0 unspecified atom stereocenters. The average Bonchev–Trinajstić information content (AvgIpc) is 3.17. The van der Waals surface area contributed by atoms with E-state index in [2.05, 4.69) is 15.0 Å². The molecular formula is C20H18ClN3O3. The fourth-order valence-corrected chi connectivity index (χ4v) is 3.51. The van der Waals surface area contributed by atoms with Gasteiger partial charge >= 0.3 is 5.97 Å². The Hall–Kier alpha value is -2.86. The SMILES string of the molecule is COC(=O)[C@H]1CCN(Cc2nc(-c3ccc(Cl)cc3)no2)c2ccccc21. The van der Waals surface area contributed by atoms with Gasteiger partial charge in [-0.2, -0.15) is 4.98 Å². The van der Waals surface area contributed by atoms with Gasteiger partial charge in [0.05, 0.1) is 19.6 Å². The van der Waals surface area contributed by atoms with Gasteiger partial charge in [-0.15, -0.1) is 0 Å². The maximum absolute atomic E-state index is 12.1. The minimum Gasteiger partial charge on any atom is -0.469 e. The molecule has 138 valence electrons. The molecule has 2 aromatic carbocycles. The van der Waals surface area contributed by atoms with Crippen molar-refractivity contribution in [2.45, 2.75) is 18.9 Å². The standard InChI is InChI=1S/C20H18ClN3O3/c1-26-20(25)16-10-11-24(17-5-3-2-4-15(16)17)12-18-22-19(23-27-18)13-6-8-14(21)9-7-13/h2-9,16H,10-12H2,1H3/t16-/m0/s1. The Labute approximate surface area is 161 Å². The Bertz CT molecular complexity index is 955. The number of halogens is 1. The molecule has 1 aliphatic heterocycles. The summed E-state index contributed by atoms with van der Waals surface area (Å²) in [6.07, 6.45) is 0.682. The minimum atomic E-state index is -0.241. The Morgan fingerprint density at radius 2 is 2.04 bits per heavy atom. The van der Waals surface area contributed by atoms with Crippen molar-refractivity contribution in [2.24, 2.45) is 0 Å². The lowest BCUT2D eigenvalue weighted by Gasteiger charge is -2.33. The van der Waals surface area contributed by atoms with Crippen LogP contribution in [0.1, 0.15) is 23.8 Å². The first-order valence-corrected chi connectivity index (χ1v) is 9.03. The highest BCUT2D eigenvalue weighted by atomic mass is 35.5. The highest BCUT2D eigenvalue weighted by Crippen LogP contribution is 2.36. The van der Waals surface area contributed by atoms with Crippen molar-refractivity contribution in [3.8, 4) is 11.4 Å². The van der Waals surface area contributed by atoms with E-state index in [0.717, 1.165) is 16.8 Å². The first-order valence-electron chi connectivity index (χ1n) is 8.66. The summed E-state index contributed by atoms with van der Waals surface area (Å²) in [7, 11) is 1.42. The molecule has 27 heavy (non-hydrogen) atoms. The number of methoxy groups -OCH3 is 1. The van der Waals surface area contributed by atoms with E-state index in [-0.39, 0.29) is 11.9 Å². The molecule has 1 aliphatic rings. The Morgan fingerprint density at radius 1 is 1.26 bits per heavy atom. The number of para-hydroxylation sites is 1. The van der Waals surface area contributed by atoms with Crippen LogP contribution in [0.3, 0.4) is 0 Å². The van der Waals surface area contributed by atoms with E-state index in [9.17, 15) is 4.79 Å². The lowest BCUT2D eigenvalue weighted by Crippen LogP contribution is -2.33. The third-order valence-corrected chi connectivity index (χ3v) is 4.97. The van der Waals surface area contributed by atoms with Gasteiger partial charge in [-0.05, 0) is 42.3 Å². The molecule has 0 saturated carbocycles. The number of anilines is 1. The number of carbonyl (C=O) groups excluding carboxylic acids is 1. The van der Waals surface area contributed by atoms with Crippen LogP contribution in [0.15, 0.2) is 53.1 Å². The van der Waals surface area contributed by atoms with Gasteiger partial charge in [0, 0.05) is 22.8 Å². The maximum Gasteiger partial charge on any atom is 0.313 e. The Kier molecular flexibility index (Phi) is 4.81. The Morgan fingerprint density at radius 3 is 2.81 bits per heavy atom. The van der Waals surface area contributed by atoms with Gasteiger partial charge in [-0.3, -0.25) is 4.79 Å². The smallest absolute Gasteiger partial charge is 0.313 e. The summed E-state index contributed by atoms with van der Waals surface area (Å²) in [4.78, 5) is 18.7. The first-order chi connectivity index (χ1) is 13.2. The van der Waals surface area contributed by atoms with Crippen LogP contribution in [0.4, 0.5) is 5.69 Å². The predicted molar refractivity (Wildman–Crippen MR) is 102 cm³/mol. The quantitative estimate of drug-likeness (QED) is 0.633. The van der Waals surface area contributed by atoms with Gasteiger partial charge in [0.1, 0.15) is 0 Å². The summed E-state index contributed by atoms with van der Waals surface area (Å²) in [5, 5.41) is 4.72. The molecule has 0 saturated heterocycles. The van der Waals surface area contributed by atoms with Gasteiger partial charge in [0.25, 0.3) is 0 Å². The molecule has 0 radical (unpaired) electrons. The van der Waals surface area contributed by atoms with Crippen LogP contribution in [0.25, 0.3) is 11.4 Å². The summed E-state index contributed by atoms with van der Waals surface area (Å²) >= 11 is 5.92. The fraction of sp³-hybridized carbons (Fsp3) is 0.250. The van der Waals surface area contributed by atoms with E-state index < -0.39 is 0 Å². The Balaban J connectivity index is 1.56. The summed E-state index contributed by atoms with van der Waals surface area (Å²) in [5.74, 6) is 0.602. The van der Waals surface area contributed by atoms with E-state index >= 15 is 0 Å². The number of fused-ring (bicyclic) bond motifs is 1. The number of carbonyl (C=O) groups is 1. The lowest BCUT2D eigenvalue weighted by atomic mass is 9.90. The second kappa shape index (κ2) is 7.40. The molecule has 3 aromatic rings. The average molecular weight is 384 g/mol. The molecule has 0 spiro atoms. The van der Waals surface area contributed by atoms with Crippen LogP contribution >= 0.6 is 11.6 Å². The third kappa shape index (κ3) is 3.53. The van der Waals surface area contributed by atoms with Crippen molar-refractivity contribution in [1.82, 2.24) is 10.1 Å². The number of ether oxygens (including phenoxy) is 1. The van der Waals surface area contributed by atoms with E-state index in [4.69, 9.17) is 20.9 Å². The fourth-order valence-electron chi connectivity index (χ4n) is 3.38. The van der Waals surface area contributed by atoms with Crippen molar-refractivity contribution in [1.29, 1.82) is 0 Å². The summed E-state index contributed by atoms with van der Waals surface area (Å²) in [6, 6.07) is 15.2. The predicted octanol–water partition coefficient (Wildman–Crippen LogP) is 4.06. The number of benzene rings is 2. The second-order valence-corrected chi connectivity index (χ2v) is 6.80. The highest BCUT2D eigenvalue weighted by Gasteiger charge is 2.31. The van der Waals surface area contributed by atoms with E-state index in [1.165, 1.54) is 7.11 Å². The molecule has 0 bridgehead atoms. The molecule has 4 rings (SSSR count). The molecule has 6 nitrogen and oxygen atoms in total. The maximum atomic E-state index is 12.1. The number of esters is 1. The van der Waals surface area contributed by atoms with Gasteiger partial charge in [0.15, 0.2) is 0 Å². The molecule has 0 amide bonds. The van der Waals surface area contributed by atoms with Gasteiger partial charge in [-0.1, -0.05) is 35.0 Å². The van der Waals surface area contributed by atoms with E-state index in [0.29, 0.717) is 36.2 Å². The van der Waals surface area contributed by atoms with Gasteiger partial charge in [-0.25, -0.2) is 0 Å². The number of hydrogen-bond acceptors (Lipinski definition) is 6. The van der Waals surface area contributed by atoms with E-state index in [1.807, 2.05) is 36.4 Å². The molecule has 1 aromatic heterocycles. The van der Waals surface area contributed by atoms with Crippen LogP contribution in [0.5, 0.6) is 0 Å². The van der Waals surface area contributed by atoms with Crippen LogP contribution in [-0.4, -0.2) is 29.8 Å². The zero-order valence-corrected chi connectivity index (χ0v) is 15.5. The van der Waals surface area contributed by atoms with Gasteiger partial charge in [0.2, 0.25) is 11.7 Å². The van der Waals surface area contributed by atoms with Crippen molar-refractivity contribution in [3.05, 3.63) is 65.0 Å². The monoisotopic (exact) mass is 383 g/mol. The second-order valence-electron chi connectivity index (χ2n) is 6.36. The third-order valence-electron chi connectivity index (χ3n) is 4.72. The first kappa shape index (κ1) is 17.5. The minimum absolute atomic E-state index is 0.204. The topological polar surface area (TPSA) is 68.5 Å². The molecule has 2 heterocycles. The molecule has 0 fully saturated rings.